The Bertz CT molecular complexity index is 422. The van der Waals surface area contributed by atoms with Gasteiger partial charge >= 0.3 is 0 Å². The van der Waals surface area contributed by atoms with Gasteiger partial charge in [0.1, 0.15) is 0 Å². The third kappa shape index (κ3) is 2.19. The second-order valence-corrected chi connectivity index (χ2v) is 4.52. The van der Waals surface area contributed by atoms with Crippen LogP contribution in [0.4, 0.5) is 0 Å². The number of halogens is 1. The molecule has 74 valence electrons. The summed E-state index contributed by atoms with van der Waals surface area (Å²) in [6, 6.07) is 0. The smallest absolute Gasteiger partial charge is 0.0932 e. The van der Waals surface area contributed by atoms with Gasteiger partial charge in [0, 0.05) is 16.9 Å². The molecule has 0 aliphatic carbocycles. The van der Waals surface area contributed by atoms with Crippen LogP contribution in [-0.4, -0.2) is 20.0 Å². The molecule has 2 heterocycles. The molecule has 0 aliphatic rings. The minimum atomic E-state index is 0.699. The topological polar surface area (TPSA) is 43.6 Å². The minimum Gasteiger partial charge on any atom is -0.246 e. The molecular weight excluding hydrogens is 264 g/mol. The van der Waals surface area contributed by atoms with Gasteiger partial charge in [0.15, 0.2) is 0 Å². The van der Waals surface area contributed by atoms with Crippen LogP contribution in [0.2, 0.25) is 0 Å². The molecule has 0 amide bonds. The van der Waals surface area contributed by atoms with Crippen molar-refractivity contribution < 1.29 is 0 Å². The average Bonchev–Trinajstić information content (AvgIpc) is 2.76. The van der Waals surface area contributed by atoms with E-state index < -0.39 is 0 Å². The highest BCUT2D eigenvalue weighted by Gasteiger charge is 2.02. The molecule has 4 nitrogen and oxygen atoms in total. The van der Waals surface area contributed by atoms with Gasteiger partial charge in [0.25, 0.3) is 0 Å². The van der Waals surface area contributed by atoms with Gasteiger partial charge in [0.2, 0.25) is 0 Å². The molecule has 0 fully saturated rings. The van der Waals surface area contributed by atoms with Crippen LogP contribution in [0.15, 0.2) is 11.6 Å². The summed E-state index contributed by atoms with van der Waals surface area (Å²) >= 11 is 4.99. The van der Waals surface area contributed by atoms with Crippen molar-refractivity contribution in [1.29, 1.82) is 0 Å². The first-order valence-corrected chi connectivity index (χ1v) is 6.14. The lowest BCUT2D eigenvalue weighted by atomic mass is 10.5. The van der Waals surface area contributed by atoms with Crippen molar-refractivity contribution in [3.8, 4) is 0 Å². The maximum Gasteiger partial charge on any atom is 0.0932 e. The van der Waals surface area contributed by atoms with Gasteiger partial charge in [-0.2, -0.15) is 0 Å². The van der Waals surface area contributed by atoms with E-state index in [1.165, 1.54) is 0 Å². The van der Waals surface area contributed by atoms with E-state index in [4.69, 9.17) is 0 Å². The van der Waals surface area contributed by atoms with Crippen molar-refractivity contribution >= 4 is 27.3 Å². The predicted molar refractivity (Wildman–Crippen MR) is 58.6 cm³/mol. The highest BCUT2D eigenvalue weighted by molar-refractivity contribution is 9.08. The number of alkyl halides is 1. The summed E-state index contributed by atoms with van der Waals surface area (Å²) in [6.07, 6.45) is 1.92. The first-order valence-electron chi connectivity index (χ1n) is 4.14. The molecule has 2 aromatic heterocycles. The van der Waals surface area contributed by atoms with Gasteiger partial charge < -0.3 is 0 Å². The fourth-order valence-corrected chi connectivity index (χ4v) is 1.98. The van der Waals surface area contributed by atoms with Crippen molar-refractivity contribution in [2.75, 3.05) is 0 Å². The Hall–Kier alpha value is -0.750. The SMILES string of the molecule is Cc1nc(Cn2cc(CBr)nn2)cs1. The van der Waals surface area contributed by atoms with Crippen LogP contribution in [0.5, 0.6) is 0 Å². The van der Waals surface area contributed by atoms with Gasteiger partial charge in [-0.3, -0.25) is 0 Å². The van der Waals surface area contributed by atoms with Crippen molar-refractivity contribution in [2.24, 2.45) is 0 Å². The third-order valence-corrected chi connectivity index (χ3v) is 3.11. The molecule has 0 saturated carbocycles. The van der Waals surface area contributed by atoms with E-state index in [0.717, 1.165) is 21.7 Å². The fraction of sp³-hybridized carbons (Fsp3) is 0.375. The molecule has 0 N–H and O–H groups in total. The highest BCUT2D eigenvalue weighted by Crippen LogP contribution is 2.09. The van der Waals surface area contributed by atoms with E-state index in [0.29, 0.717) is 6.54 Å². The lowest BCUT2D eigenvalue weighted by molar-refractivity contribution is 0.640. The summed E-state index contributed by atoms with van der Waals surface area (Å²) in [5.74, 6) is 0. The van der Waals surface area contributed by atoms with E-state index in [1.807, 2.05) is 18.5 Å². The molecule has 2 rings (SSSR count). The molecule has 14 heavy (non-hydrogen) atoms. The van der Waals surface area contributed by atoms with E-state index >= 15 is 0 Å². The number of aromatic nitrogens is 4. The molecular formula is C8H9BrN4S. The largest absolute Gasteiger partial charge is 0.246 e. The lowest BCUT2D eigenvalue weighted by Gasteiger charge is -1.94. The molecule has 0 aliphatic heterocycles. The summed E-state index contributed by atoms with van der Waals surface area (Å²) in [5, 5.41) is 11.8. The Labute approximate surface area is 94.1 Å². The summed E-state index contributed by atoms with van der Waals surface area (Å²) in [7, 11) is 0. The van der Waals surface area contributed by atoms with Crippen LogP contribution >= 0.6 is 27.3 Å². The molecule has 0 unspecified atom stereocenters. The van der Waals surface area contributed by atoms with E-state index in [1.54, 1.807) is 16.0 Å². The molecule has 2 aromatic rings. The van der Waals surface area contributed by atoms with Crippen LogP contribution in [0, 0.1) is 6.92 Å². The molecule has 0 spiro atoms. The summed E-state index contributed by atoms with van der Waals surface area (Å²) < 4.78 is 1.80. The standard InChI is InChI=1S/C8H9BrN4S/c1-6-10-8(5-14-6)4-13-3-7(2-9)11-12-13/h3,5H,2,4H2,1H3. The highest BCUT2D eigenvalue weighted by atomic mass is 79.9. The number of aryl methyl sites for hydroxylation is 1. The van der Waals surface area contributed by atoms with Crippen molar-refractivity contribution in [3.05, 3.63) is 28.0 Å². The lowest BCUT2D eigenvalue weighted by Crippen LogP contribution is -2.00. The van der Waals surface area contributed by atoms with Gasteiger partial charge in [-0.25, -0.2) is 9.67 Å². The number of hydrogen-bond acceptors (Lipinski definition) is 4. The van der Waals surface area contributed by atoms with Gasteiger partial charge in [0.05, 0.1) is 22.9 Å². The Morgan fingerprint density at radius 3 is 2.93 bits per heavy atom. The number of nitrogens with zero attached hydrogens (tertiary/aromatic N) is 4. The van der Waals surface area contributed by atoms with E-state index in [9.17, 15) is 0 Å². The molecule has 6 heteroatoms. The summed E-state index contributed by atoms with van der Waals surface area (Å²) in [5.41, 5.74) is 1.98. The average molecular weight is 273 g/mol. The Morgan fingerprint density at radius 2 is 2.36 bits per heavy atom. The van der Waals surface area contributed by atoms with E-state index in [-0.39, 0.29) is 0 Å². The maximum absolute atomic E-state index is 4.36. The summed E-state index contributed by atoms with van der Waals surface area (Å²) in [6.45, 7) is 2.70. The molecule has 0 radical (unpaired) electrons. The normalized spacial score (nSPS) is 10.7. The zero-order valence-corrected chi connectivity index (χ0v) is 10.0. The Morgan fingerprint density at radius 1 is 1.50 bits per heavy atom. The Kier molecular flexibility index (Phi) is 2.93. The Balaban J connectivity index is 2.10. The van der Waals surface area contributed by atoms with Crippen molar-refractivity contribution in [2.45, 2.75) is 18.8 Å². The third-order valence-electron chi connectivity index (χ3n) is 1.71. The maximum atomic E-state index is 4.36. The second-order valence-electron chi connectivity index (χ2n) is 2.90. The van der Waals surface area contributed by atoms with E-state index in [2.05, 4.69) is 31.2 Å². The quantitative estimate of drug-likeness (QED) is 0.803. The molecule has 0 saturated heterocycles. The van der Waals surface area contributed by atoms with Gasteiger partial charge in [-0.1, -0.05) is 21.1 Å². The first-order chi connectivity index (χ1) is 6.78. The van der Waals surface area contributed by atoms with Crippen molar-refractivity contribution in [3.63, 3.8) is 0 Å². The number of hydrogen-bond donors (Lipinski definition) is 0. The van der Waals surface area contributed by atoms with Crippen LogP contribution in [0.1, 0.15) is 16.4 Å². The van der Waals surface area contributed by atoms with Gasteiger partial charge in [-0.15, -0.1) is 16.4 Å². The number of rotatable bonds is 3. The minimum absolute atomic E-state index is 0.699. The monoisotopic (exact) mass is 272 g/mol. The summed E-state index contributed by atoms with van der Waals surface area (Å²) in [4.78, 5) is 4.36. The first kappa shape index (κ1) is 9.79. The van der Waals surface area contributed by atoms with Crippen molar-refractivity contribution in [1.82, 2.24) is 20.0 Å². The zero-order valence-electron chi connectivity index (χ0n) is 7.64. The van der Waals surface area contributed by atoms with Crippen LogP contribution in [0.3, 0.4) is 0 Å². The molecule has 0 bridgehead atoms. The molecule has 0 aromatic carbocycles. The zero-order chi connectivity index (χ0) is 9.97. The van der Waals surface area contributed by atoms with Gasteiger partial charge in [-0.05, 0) is 6.92 Å². The number of thiazole rings is 1. The van der Waals surface area contributed by atoms with Crippen LogP contribution in [0.25, 0.3) is 0 Å². The molecule has 0 atom stereocenters. The van der Waals surface area contributed by atoms with Crippen LogP contribution in [-0.2, 0) is 11.9 Å². The second kappa shape index (κ2) is 4.18. The predicted octanol–water partition coefficient (Wildman–Crippen LogP) is 1.99. The van der Waals surface area contributed by atoms with Crippen LogP contribution < -0.4 is 0 Å². The fourth-order valence-electron chi connectivity index (χ4n) is 1.12.